The van der Waals surface area contributed by atoms with Crippen LogP contribution in [0.3, 0.4) is 0 Å². The minimum Gasteiger partial charge on any atom is -0.459 e. The van der Waals surface area contributed by atoms with Gasteiger partial charge in [0, 0.05) is 24.5 Å². The maximum atomic E-state index is 11.9. The van der Waals surface area contributed by atoms with Crippen molar-refractivity contribution in [1.29, 1.82) is 0 Å². The van der Waals surface area contributed by atoms with E-state index in [0.29, 0.717) is 18.4 Å². The van der Waals surface area contributed by atoms with Crippen LogP contribution in [0, 0.1) is 5.92 Å². The number of fused-ring (bicyclic) bond motifs is 2. The predicted molar refractivity (Wildman–Crippen MR) is 84.6 cm³/mol. The Morgan fingerprint density at radius 1 is 1.22 bits per heavy atom. The van der Waals surface area contributed by atoms with Gasteiger partial charge in [-0.1, -0.05) is 19.9 Å². The molecule has 6 nitrogen and oxygen atoms in total. The van der Waals surface area contributed by atoms with E-state index in [4.69, 9.17) is 9.47 Å². The number of hydrogen-bond donors (Lipinski definition) is 1. The Kier molecular flexibility index (Phi) is 5.47. The molecule has 5 atom stereocenters. The molecule has 0 aromatic rings. The number of nitrogens with zero attached hydrogens (tertiary/aromatic N) is 1. The Hall–Kier alpha value is -1.40. The van der Waals surface area contributed by atoms with Crippen LogP contribution in [-0.2, 0) is 19.1 Å². The van der Waals surface area contributed by atoms with E-state index in [1.54, 1.807) is 33.8 Å². The molecule has 0 amide bonds. The molecule has 2 saturated heterocycles. The van der Waals surface area contributed by atoms with Crippen LogP contribution >= 0.6 is 0 Å². The lowest BCUT2D eigenvalue weighted by Gasteiger charge is -2.36. The topological polar surface area (TPSA) is 76.1 Å². The summed E-state index contributed by atoms with van der Waals surface area (Å²) >= 11 is 0. The molecule has 3 unspecified atom stereocenters. The summed E-state index contributed by atoms with van der Waals surface area (Å²) in [5.41, 5.74) is 0.569. The van der Waals surface area contributed by atoms with E-state index in [9.17, 15) is 14.7 Å². The van der Waals surface area contributed by atoms with E-state index in [2.05, 4.69) is 0 Å². The monoisotopic (exact) mass is 325 g/mol. The van der Waals surface area contributed by atoms with Crippen LogP contribution in [0.15, 0.2) is 11.6 Å². The van der Waals surface area contributed by atoms with Crippen molar-refractivity contribution in [3.63, 3.8) is 0 Å². The van der Waals surface area contributed by atoms with Crippen LogP contribution < -0.4 is 0 Å². The lowest BCUT2D eigenvalue weighted by molar-refractivity contribution is -0.159. The molecule has 1 N–H and O–H groups in total. The van der Waals surface area contributed by atoms with Gasteiger partial charge in [0.25, 0.3) is 0 Å². The van der Waals surface area contributed by atoms with E-state index in [1.165, 1.54) is 0 Å². The van der Waals surface area contributed by atoms with E-state index >= 15 is 0 Å². The number of likely N-dealkylation sites (N-methyl/N-ethyl adjacent to an activating group) is 1. The molecule has 23 heavy (non-hydrogen) atoms. The van der Waals surface area contributed by atoms with Crippen LogP contribution in [0.5, 0.6) is 0 Å². The number of allylic oxidation sites excluding steroid dienone is 1. The van der Waals surface area contributed by atoms with Crippen LogP contribution in [0.2, 0.25) is 0 Å². The second kappa shape index (κ2) is 7.01. The number of aliphatic hydroxyl groups is 1. The average Bonchev–Trinajstić information content (AvgIpc) is 2.64. The number of aliphatic hydroxyl groups excluding tert-OH is 1. The summed E-state index contributed by atoms with van der Waals surface area (Å²) in [5.74, 6) is -0.876. The summed E-state index contributed by atoms with van der Waals surface area (Å²) in [6.45, 7) is 7.04. The largest absolute Gasteiger partial charge is 0.459 e. The zero-order valence-electron chi connectivity index (χ0n) is 14.5. The van der Waals surface area contributed by atoms with Crippen molar-refractivity contribution in [2.75, 3.05) is 7.05 Å². The zero-order valence-corrected chi connectivity index (χ0v) is 14.5. The van der Waals surface area contributed by atoms with Crippen molar-refractivity contribution in [2.24, 2.45) is 5.92 Å². The third-order valence-corrected chi connectivity index (χ3v) is 4.92. The molecule has 2 aliphatic heterocycles. The number of piperidine rings is 1. The average molecular weight is 325 g/mol. The number of carbonyl (C=O) groups is 2. The Labute approximate surface area is 137 Å². The zero-order chi connectivity index (χ0) is 17.3. The first-order valence-electron chi connectivity index (χ1n) is 8.20. The smallest absolute Gasteiger partial charge is 0.333 e. The highest BCUT2D eigenvalue weighted by Gasteiger charge is 2.53. The molecule has 130 valence electrons. The standard InChI is InChI=1S/C17H27NO5/c1-6-10(4)17(21)22-11-7-12-14(19)15(13(8-11)18(12)5)23-16(20)9(2)3/h6,9,11-15,19H,7-8H2,1-5H3/b10-6+/t11?,12-,13+,14?,15?/m0/s1. The van der Waals surface area contributed by atoms with Gasteiger partial charge in [0.2, 0.25) is 0 Å². The fourth-order valence-electron chi connectivity index (χ4n) is 3.28. The van der Waals surface area contributed by atoms with Crippen molar-refractivity contribution in [2.45, 2.75) is 70.9 Å². The van der Waals surface area contributed by atoms with Gasteiger partial charge in [-0.2, -0.15) is 0 Å². The summed E-state index contributed by atoms with van der Waals surface area (Å²) in [7, 11) is 1.91. The van der Waals surface area contributed by atoms with Gasteiger partial charge < -0.3 is 14.6 Å². The van der Waals surface area contributed by atoms with Crippen LogP contribution in [0.4, 0.5) is 0 Å². The van der Waals surface area contributed by atoms with Crippen molar-refractivity contribution in [3.05, 3.63) is 11.6 Å². The maximum Gasteiger partial charge on any atom is 0.333 e. The van der Waals surface area contributed by atoms with Crippen molar-refractivity contribution in [1.82, 2.24) is 4.90 Å². The molecule has 0 spiro atoms. The lowest BCUT2D eigenvalue weighted by Crippen LogP contribution is -2.46. The van der Waals surface area contributed by atoms with Crippen molar-refractivity contribution >= 4 is 11.9 Å². The first-order valence-corrected chi connectivity index (χ1v) is 8.20. The lowest BCUT2D eigenvalue weighted by atomic mass is 10.00. The summed E-state index contributed by atoms with van der Waals surface area (Å²) in [5, 5.41) is 10.5. The first kappa shape index (κ1) is 17.9. The number of hydrogen-bond acceptors (Lipinski definition) is 6. The molecule has 0 aromatic heterocycles. The number of ether oxygens (including phenoxy) is 2. The Bertz CT molecular complexity index is 501. The number of rotatable bonds is 4. The Morgan fingerprint density at radius 3 is 2.39 bits per heavy atom. The summed E-state index contributed by atoms with van der Waals surface area (Å²) in [6, 6.07) is -0.294. The second-order valence-electron chi connectivity index (χ2n) is 6.82. The van der Waals surface area contributed by atoms with Gasteiger partial charge in [-0.25, -0.2) is 4.79 Å². The molecule has 0 radical (unpaired) electrons. The second-order valence-corrected chi connectivity index (χ2v) is 6.82. The normalized spacial score (nSPS) is 34.6. The minimum absolute atomic E-state index is 0.129. The number of esters is 2. The molecule has 2 bridgehead atoms. The van der Waals surface area contributed by atoms with Crippen molar-refractivity contribution < 1.29 is 24.2 Å². The third kappa shape index (κ3) is 3.58. The molecule has 0 aromatic carbocycles. The Morgan fingerprint density at radius 2 is 1.83 bits per heavy atom. The van der Waals surface area contributed by atoms with Crippen LogP contribution in [-0.4, -0.2) is 59.4 Å². The van der Waals surface area contributed by atoms with Gasteiger partial charge in [-0.15, -0.1) is 0 Å². The van der Waals surface area contributed by atoms with E-state index in [1.807, 2.05) is 11.9 Å². The highest BCUT2D eigenvalue weighted by molar-refractivity contribution is 5.87. The van der Waals surface area contributed by atoms with Crippen LogP contribution in [0.25, 0.3) is 0 Å². The molecule has 2 aliphatic rings. The highest BCUT2D eigenvalue weighted by atomic mass is 16.6. The van der Waals surface area contributed by atoms with Gasteiger partial charge in [-0.05, 0) is 20.9 Å². The first-order chi connectivity index (χ1) is 10.8. The molecule has 2 fully saturated rings. The molecule has 0 aliphatic carbocycles. The van der Waals surface area contributed by atoms with Gasteiger partial charge in [0.15, 0.2) is 0 Å². The quantitative estimate of drug-likeness (QED) is 0.620. The molecular weight excluding hydrogens is 298 g/mol. The third-order valence-electron chi connectivity index (χ3n) is 4.92. The maximum absolute atomic E-state index is 11.9. The van der Waals surface area contributed by atoms with Crippen molar-refractivity contribution in [3.8, 4) is 0 Å². The Balaban J connectivity index is 2.07. The molecule has 2 heterocycles. The predicted octanol–water partition coefficient (Wildman–Crippen LogP) is 1.27. The molecular formula is C17H27NO5. The van der Waals surface area contributed by atoms with E-state index < -0.39 is 12.2 Å². The van der Waals surface area contributed by atoms with Gasteiger partial charge in [0.1, 0.15) is 18.3 Å². The van der Waals surface area contributed by atoms with E-state index in [-0.39, 0.29) is 36.0 Å². The summed E-state index contributed by atoms with van der Waals surface area (Å²) in [4.78, 5) is 25.9. The summed E-state index contributed by atoms with van der Waals surface area (Å²) < 4.78 is 11.0. The molecule has 6 heteroatoms. The van der Waals surface area contributed by atoms with Gasteiger partial charge >= 0.3 is 11.9 Å². The van der Waals surface area contributed by atoms with Gasteiger partial charge in [-0.3, -0.25) is 9.69 Å². The number of carbonyl (C=O) groups excluding carboxylic acids is 2. The van der Waals surface area contributed by atoms with E-state index in [0.717, 1.165) is 0 Å². The minimum atomic E-state index is -0.751. The summed E-state index contributed by atoms with van der Waals surface area (Å²) in [6.07, 6.45) is 1.25. The fourth-order valence-corrected chi connectivity index (χ4v) is 3.28. The molecule has 2 rings (SSSR count). The van der Waals surface area contributed by atoms with Crippen LogP contribution in [0.1, 0.15) is 40.5 Å². The highest BCUT2D eigenvalue weighted by Crippen LogP contribution is 2.38. The molecule has 0 saturated carbocycles. The SMILES string of the molecule is C/C=C(\C)C(=O)OC1C[C@@H]2C(OC(=O)C(C)C)C(O)[C@H](C1)N2C. The van der Waals surface area contributed by atoms with Gasteiger partial charge in [0.05, 0.1) is 12.0 Å². The fraction of sp³-hybridized carbons (Fsp3) is 0.765.